The van der Waals surface area contributed by atoms with Gasteiger partial charge in [0.05, 0.1) is 56.9 Å². The summed E-state index contributed by atoms with van der Waals surface area (Å²) in [4.78, 5) is 106. The highest BCUT2D eigenvalue weighted by Crippen LogP contribution is 2.50. The number of aliphatic hydroxyl groups excluding tert-OH is 3. The van der Waals surface area contributed by atoms with Crippen LogP contribution in [0.4, 0.5) is 17.8 Å². The van der Waals surface area contributed by atoms with Crippen molar-refractivity contribution in [3.63, 3.8) is 0 Å². The van der Waals surface area contributed by atoms with E-state index in [4.69, 9.17) is 48.5 Å². The molecule has 0 radical (unpaired) electrons. The Balaban J connectivity index is 0.000000190. The van der Waals surface area contributed by atoms with Crippen LogP contribution in [0.15, 0.2) is 44.5 Å². The summed E-state index contributed by atoms with van der Waals surface area (Å²) in [5, 5.41) is 33.6. The molecule has 4 aliphatic rings. The maximum Gasteiger partial charge on any atom is 0.472 e. The number of fused-ring (bicyclic) bond motifs is 2. The van der Waals surface area contributed by atoms with Crippen LogP contribution in [-0.2, 0) is 46.2 Å². The fourth-order valence-corrected chi connectivity index (χ4v) is 11.0. The molecule has 10 rings (SSSR count). The van der Waals surface area contributed by atoms with Gasteiger partial charge in [0.15, 0.2) is 22.3 Å². The molecule has 0 aromatic carbocycles. The Hall–Kier alpha value is -6.34. The van der Waals surface area contributed by atoms with Crippen molar-refractivity contribution in [3.8, 4) is 0 Å². The number of aliphatic hydroxyl groups is 3. The number of nitrogens with two attached hydrogens (primary N) is 2. The van der Waals surface area contributed by atoms with Crippen LogP contribution in [0.1, 0.15) is 76.7 Å². The molecule has 6 aromatic heterocycles. The first-order valence-electron chi connectivity index (χ1n) is 24.1. The van der Waals surface area contributed by atoms with Gasteiger partial charge in [0.2, 0.25) is 17.8 Å². The first kappa shape index (κ1) is 56.4. The molecule has 0 bridgehead atoms. The van der Waals surface area contributed by atoms with Crippen LogP contribution >= 0.6 is 15.6 Å². The number of nitrogens with zero attached hydrogens (tertiary/aromatic N) is 12. The number of hydrogen-bond acceptors (Lipinski definition) is 28. The zero-order valence-corrected chi connectivity index (χ0v) is 43.3. The molecule has 78 heavy (non-hydrogen) atoms. The summed E-state index contributed by atoms with van der Waals surface area (Å²) in [6.45, 7) is 4.21. The second kappa shape index (κ2) is 23.2. The Morgan fingerprint density at radius 2 is 1.08 bits per heavy atom. The molecule has 6 aromatic rings. The monoisotopic (exact) mass is 1140 g/mol. The SMILES string of the molecule is CCNc1nc2c(ncn2[C@H]2C[C@@H](O)[C@@H](COP(=O)(O)O[C@@H]3C[C@H](n4cnc(N)nc4=O)O[C@@H]3CO)O2)c(=O)[nH]1.CC[C@H]1O[C@@H](n2cnc(N)nc2=O)C[C@H]1OP(=O)(O)OC[C@H]1O[C@@H](n2cnc3c(=O)[nH]c(C)nc32)C[C@H]1O. The number of anilines is 3. The lowest BCUT2D eigenvalue weighted by Gasteiger charge is -2.22. The fourth-order valence-electron chi connectivity index (χ4n) is 9.04. The third kappa shape index (κ3) is 12.4. The maximum atomic E-state index is 12.8. The molecule has 4 aliphatic heterocycles. The second-order valence-electron chi connectivity index (χ2n) is 18.1. The van der Waals surface area contributed by atoms with E-state index in [0.29, 0.717) is 18.8 Å². The number of rotatable bonds is 18. The van der Waals surface area contributed by atoms with Crippen molar-refractivity contribution >= 4 is 55.8 Å². The zero-order chi connectivity index (χ0) is 55.8. The predicted octanol–water partition coefficient (Wildman–Crippen LogP) is -2.27. The van der Waals surface area contributed by atoms with Crippen LogP contribution in [0.2, 0.25) is 0 Å². The van der Waals surface area contributed by atoms with E-state index in [-0.39, 0.29) is 65.9 Å². The molecule has 38 heteroatoms. The number of aromatic amines is 2. The number of aryl methyl sites for hydroxylation is 1. The number of nitrogens with one attached hydrogen (secondary N) is 3. The minimum absolute atomic E-state index is 0.0590. The highest BCUT2D eigenvalue weighted by Gasteiger charge is 2.45. The first-order valence-corrected chi connectivity index (χ1v) is 27.1. The molecule has 424 valence electrons. The number of H-pyrrole nitrogens is 2. The van der Waals surface area contributed by atoms with Gasteiger partial charge in [0.1, 0.15) is 67.8 Å². The Bertz CT molecular complexity index is 3470. The molecule has 0 saturated carbocycles. The van der Waals surface area contributed by atoms with E-state index in [9.17, 15) is 53.4 Å². The highest BCUT2D eigenvalue weighted by atomic mass is 31.2. The lowest BCUT2D eigenvalue weighted by molar-refractivity contribution is -0.0565. The molecule has 0 amide bonds. The van der Waals surface area contributed by atoms with Gasteiger partial charge in [0.25, 0.3) is 11.1 Å². The smallest absolute Gasteiger partial charge is 0.394 e. The number of imidazole rings is 2. The Morgan fingerprint density at radius 3 is 1.55 bits per heavy atom. The van der Waals surface area contributed by atoms with Crippen molar-refractivity contribution in [1.29, 1.82) is 0 Å². The molecule has 2 unspecified atom stereocenters. The third-order valence-electron chi connectivity index (χ3n) is 12.8. The Labute approximate surface area is 436 Å². The molecule has 36 nitrogen and oxygen atoms in total. The van der Waals surface area contributed by atoms with E-state index in [2.05, 4.69) is 55.2 Å². The van der Waals surface area contributed by atoms with Crippen molar-refractivity contribution < 1.29 is 71.3 Å². The zero-order valence-electron chi connectivity index (χ0n) is 41.5. The molecular weight excluding hydrogens is 1080 g/mol. The van der Waals surface area contributed by atoms with Crippen LogP contribution in [0.5, 0.6) is 0 Å². The van der Waals surface area contributed by atoms with Crippen molar-refractivity contribution in [2.75, 3.05) is 43.1 Å². The van der Waals surface area contributed by atoms with E-state index >= 15 is 0 Å². The molecule has 4 saturated heterocycles. The summed E-state index contributed by atoms with van der Waals surface area (Å²) >= 11 is 0. The van der Waals surface area contributed by atoms with Gasteiger partial charge in [-0.3, -0.25) is 50.9 Å². The predicted molar refractivity (Wildman–Crippen MR) is 261 cm³/mol. The Morgan fingerprint density at radius 1 is 0.641 bits per heavy atom. The van der Waals surface area contributed by atoms with Crippen molar-refractivity contribution in [3.05, 3.63) is 72.8 Å². The van der Waals surface area contributed by atoms with E-state index < -0.39 is 132 Å². The van der Waals surface area contributed by atoms with Gasteiger partial charge in [0, 0.05) is 32.2 Å². The van der Waals surface area contributed by atoms with Gasteiger partial charge < -0.3 is 65.8 Å². The number of phosphoric acid groups is 2. The molecule has 0 spiro atoms. The van der Waals surface area contributed by atoms with Gasteiger partial charge in [-0.2, -0.15) is 15.0 Å². The van der Waals surface area contributed by atoms with E-state index in [1.54, 1.807) is 13.8 Å². The van der Waals surface area contributed by atoms with Crippen LogP contribution in [0, 0.1) is 6.92 Å². The van der Waals surface area contributed by atoms with Crippen LogP contribution in [0.25, 0.3) is 22.3 Å². The molecule has 4 fully saturated rings. The molecule has 0 aliphatic carbocycles. The molecule has 10 heterocycles. The van der Waals surface area contributed by atoms with E-state index in [1.165, 1.54) is 28.1 Å². The van der Waals surface area contributed by atoms with Gasteiger partial charge in [-0.05, 0) is 20.3 Å². The largest absolute Gasteiger partial charge is 0.472 e. The number of phosphoric ester groups is 2. The highest BCUT2D eigenvalue weighted by molar-refractivity contribution is 7.47. The van der Waals surface area contributed by atoms with Gasteiger partial charge in [-0.15, -0.1) is 0 Å². The van der Waals surface area contributed by atoms with Crippen molar-refractivity contribution in [2.24, 2.45) is 0 Å². The number of nitrogen functional groups attached to an aromatic ring is 2. The summed E-state index contributed by atoms with van der Waals surface area (Å²) in [5.41, 5.74) is 9.23. The van der Waals surface area contributed by atoms with Crippen LogP contribution in [-0.4, -0.2) is 168 Å². The lowest BCUT2D eigenvalue weighted by atomic mass is 10.1. The number of hydrogen-bond donors (Lipinski definition) is 10. The summed E-state index contributed by atoms with van der Waals surface area (Å²) in [6, 6.07) is 0. The standard InChI is InChI=1S/C20H28N9O10P.C20H27N8O9P/c1-2-22-19-25-16-15(17(32)26-19)23-7-28(16)13-3-9(31)12(38-13)6-36-40(34,35)39-10-4-14(37-11(10)5-30)29-8-24-18(21)27-20(29)33;1-3-11-12(5-15(35-11)28-8-23-19(21)26-20(28)31)37-38(32,33)34-6-13-10(29)4-14(36-13)27-7-22-16-17(27)24-9(2)25-18(16)30/h7-14,30-31H,2-6H2,1H3,(H,34,35)(H2,21,27,33)(H2,22,25,26,32);7-8,10-15,29H,3-6H2,1-2H3,(H,32,33)(H2,21,26,31)(H,24,25,30)/t9-,10-,11-,12-,13-,14-;10-,11-,12-,13-,14-,15-/m11/s1. The topological polar surface area (TPSA) is 496 Å². The van der Waals surface area contributed by atoms with Gasteiger partial charge in [-0.25, -0.2) is 43.6 Å². The summed E-state index contributed by atoms with van der Waals surface area (Å²) in [5.74, 6) is 0.212. The van der Waals surface area contributed by atoms with E-state index in [0.717, 1.165) is 15.5 Å². The molecule has 12 N–H and O–H groups in total. The summed E-state index contributed by atoms with van der Waals surface area (Å²) in [7, 11) is -9.38. The van der Waals surface area contributed by atoms with Crippen molar-refractivity contribution in [2.45, 2.75) is 127 Å². The maximum absolute atomic E-state index is 12.8. The minimum Gasteiger partial charge on any atom is -0.394 e. The number of aromatic nitrogens is 14. The van der Waals surface area contributed by atoms with Crippen molar-refractivity contribution in [1.82, 2.24) is 68.1 Å². The average Bonchev–Trinajstić information content (AvgIpc) is 4.26. The van der Waals surface area contributed by atoms with Gasteiger partial charge in [-0.1, -0.05) is 6.92 Å². The fraction of sp³-hybridized carbons (Fsp3) is 0.600. The second-order valence-corrected chi connectivity index (χ2v) is 20.9. The normalized spacial score (nSPS) is 28.7. The minimum atomic E-state index is -4.75. The third-order valence-corrected chi connectivity index (χ3v) is 14.8. The quantitative estimate of drug-likeness (QED) is 0.0406. The summed E-state index contributed by atoms with van der Waals surface area (Å²) < 4.78 is 74.5. The summed E-state index contributed by atoms with van der Waals surface area (Å²) in [6.07, 6.45) is -5.60. The molecular formula is C40H55N17O19P2. The number of ether oxygens (including phenoxy) is 4. The van der Waals surface area contributed by atoms with E-state index in [1.807, 2.05) is 6.92 Å². The molecule has 14 atom stereocenters. The Kier molecular flexibility index (Phi) is 16.7. The van der Waals surface area contributed by atoms with Crippen LogP contribution < -0.4 is 39.3 Å². The first-order chi connectivity index (χ1) is 37.1. The van der Waals surface area contributed by atoms with Gasteiger partial charge >= 0.3 is 27.0 Å². The van der Waals surface area contributed by atoms with Crippen LogP contribution in [0.3, 0.4) is 0 Å². The average molecular weight is 1140 g/mol. The lowest BCUT2D eigenvalue weighted by Crippen LogP contribution is -2.29.